The zero-order chi connectivity index (χ0) is 9.84. The summed E-state index contributed by atoms with van der Waals surface area (Å²) in [6, 6.07) is 6.09. The molecule has 13 heavy (non-hydrogen) atoms. The molecule has 0 saturated carbocycles. The van der Waals surface area contributed by atoms with E-state index in [2.05, 4.69) is 49.8 Å². The van der Waals surface area contributed by atoms with E-state index in [1.54, 1.807) is 0 Å². The predicted molar refractivity (Wildman–Crippen MR) is 67.5 cm³/mol. The molecule has 0 bridgehead atoms. The van der Waals surface area contributed by atoms with Gasteiger partial charge in [-0.3, -0.25) is 0 Å². The van der Waals surface area contributed by atoms with Gasteiger partial charge in [0.05, 0.1) is 6.04 Å². The van der Waals surface area contributed by atoms with Crippen LogP contribution in [0.15, 0.2) is 22.7 Å². The number of hydrogen-bond donors (Lipinski definition) is 1. The maximum Gasteiger partial charge on any atom is 0.0951 e. The molecule has 0 fully saturated rings. The van der Waals surface area contributed by atoms with Crippen molar-refractivity contribution < 1.29 is 0 Å². The van der Waals surface area contributed by atoms with E-state index in [-0.39, 0.29) is 6.04 Å². The molecule has 1 unspecified atom stereocenters. The second-order valence-corrected chi connectivity index (χ2v) is 4.63. The summed E-state index contributed by atoms with van der Waals surface area (Å²) in [6.45, 7) is 0. The number of nitrogens with one attached hydrogen (secondary N) is 1. The average Bonchev–Trinajstić information content (AvgIpc) is 2.13. The van der Waals surface area contributed by atoms with Crippen LogP contribution in [0.2, 0.25) is 0 Å². The largest absolute Gasteiger partial charge is 0.303 e. The molecule has 3 heteroatoms. The summed E-state index contributed by atoms with van der Waals surface area (Å²) < 4.78 is 2.23. The van der Waals surface area contributed by atoms with Gasteiger partial charge in [-0.25, -0.2) is 0 Å². The fourth-order valence-corrected chi connectivity index (χ4v) is 2.09. The van der Waals surface area contributed by atoms with E-state index in [9.17, 15) is 0 Å². The van der Waals surface area contributed by atoms with Gasteiger partial charge in [-0.2, -0.15) is 0 Å². The summed E-state index contributed by atoms with van der Waals surface area (Å²) in [6.07, 6.45) is 5.40. The lowest BCUT2D eigenvalue weighted by Gasteiger charge is -2.11. The second-order valence-electron chi connectivity index (χ2n) is 2.55. The lowest BCUT2D eigenvalue weighted by Crippen LogP contribution is -2.15. The van der Waals surface area contributed by atoms with Gasteiger partial charge < -0.3 is 5.32 Å². The van der Waals surface area contributed by atoms with E-state index < -0.39 is 0 Å². The average molecular weight is 350 g/mol. The Labute approximate surface area is 101 Å². The molecule has 68 valence electrons. The first-order valence-corrected chi connectivity index (χ1v) is 5.64. The molecular weight excluding hydrogens is 341 g/mol. The fourth-order valence-electron chi connectivity index (χ4n) is 1.06. The zero-order valence-corrected chi connectivity index (χ0v) is 10.9. The van der Waals surface area contributed by atoms with Crippen molar-refractivity contribution in [1.82, 2.24) is 5.32 Å². The summed E-state index contributed by atoms with van der Waals surface area (Å²) in [5.41, 5.74) is 1.14. The van der Waals surface area contributed by atoms with Gasteiger partial charge in [0.1, 0.15) is 0 Å². The highest BCUT2D eigenvalue weighted by atomic mass is 127. The number of halogens is 2. The van der Waals surface area contributed by atoms with Crippen molar-refractivity contribution in [3.05, 3.63) is 31.8 Å². The molecule has 0 amide bonds. The van der Waals surface area contributed by atoms with Crippen LogP contribution in [-0.2, 0) is 0 Å². The Bertz CT molecular complexity index is 343. The van der Waals surface area contributed by atoms with Crippen LogP contribution in [0.5, 0.6) is 0 Å². The first-order valence-electron chi connectivity index (χ1n) is 3.77. The molecule has 0 saturated heterocycles. The molecule has 1 aromatic carbocycles. The van der Waals surface area contributed by atoms with Gasteiger partial charge in [-0.1, -0.05) is 21.9 Å². The Kier molecular flexibility index (Phi) is 4.23. The van der Waals surface area contributed by atoms with Crippen LogP contribution in [0, 0.1) is 15.9 Å². The standard InChI is InChI=1S/C10H9BrIN/c1-3-10(13-2)8-6-7(11)4-5-9(8)12/h1,4-6,10,13H,2H3. The number of terminal acetylenes is 1. The molecule has 0 aliphatic heterocycles. The Hall–Kier alpha value is -0.0500. The van der Waals surface area contributed by atoms with Crippen LogP contribution in [0.4, 0.5) is 0 Å². The van der Waals surface area contributed by atoms with Crippen LogP contribution < -0.4 is 5.32 Å². The van der Waals surface area contributed by atoms with Crippen molar-refractivity contribution in [2.75, 3.05) is 7.05 Å². The van der Waals surface area contributed by atoms with Crippen molar-refractivity contribution in [2.45, 2.75) is 6.04 Å². The molecule has 0 aliphatic rings. The number of rotatable bonds is 2. The summed E-state index contributed by atoms with van der Waals surface area (Å²) in [5.74, 6) is 2.70. The van der Waals surface area contributed by atoms with Gasteiger partial charge in [0.15, 0.2) is 0 Å². The monoisotopic (exact) mass is 349 g/mol. The molecule has 1 nitrogen and oxygen atoms in total. The van der Waals surface area contributed by atoms with Gasteiger partial charge in [0.25, 0.3) is 0 Å². The zero-order valence-electron chi connectivity index (χ0n) is 7.14. The number of hydrogen-bond acceptors (Lipinski definition) is 1. The van der Waals surface area contributed by atoms with Crippen molar-refractivity contribution in [1.29, 1.82) is 0 Å². The van der Waals surface area contributed by atoms with Crippen LogP contribution in [0.3, 0.4) is 0 Å². The SMILES string of the molecule is C#CC(NC)c1cc(Br)ccc1I. The fraction of sp³-hybridized carbons (Fsp3) is 0.200. The quantitative estimate of drug-likeness (QED) is 0.639. The van der Waals surface area contributed by atoms with E-state index in [4.69, 9.17) is 6.42 Å². The van der Waals surface area contributed by atoms with Gasteiger partial charge in [-0.15, -0.1) is 6.42 Å². The van der Waals surface area contributed by atoms with Crippen molar-refractivity contribution in [3.8, 4) is 12.3 Å². The topological polar surface area (TPSA) is 12.0 Å². The predicted octanol–water partition coefficient (Wildman–Crippen LogP) is 2.95. The van der Waals surface area contributed by atoms with Gasteiger partial charge in [0, 0.05) is 8.04 Å². The lowest BCUT2D eigenvalue weighted by atomic mass is 10.1. The second kappa shape index (κ2) is 4.99. The summed E-state index contributed by atoms with van der Waals surface area (Å²) in [7, 11) is 1.86. The molecule has 0 heterocycles. The van der Waals surface area contributed by atoms with Crippen LogP contribution >= 0.6 is 38.5 Å². The Morgan fingerprint density at radius 1 is 1.62 bits per heavy atom. The lowest BCUT2D eigenvalue weighted by molar-refractivity contribution is 0.733. The highest BCUT2D eigenvalue weighted by Gasteiger charge is 2.09. The number of benzene rings is 1. The maximum absolute atomic E-state index is 5.40. The molecule has 1 atom stereocenters. The third-order valence-corrected chi connectivity index (χ3v) is 3.20. The third-order valence-electron chi connectivity index (χ3n) is 1.72. The molecule has 0 aliphatic carbocycles. The molecule has 0 spiro atoms. The first-order chi connectivity index (χ1) is 6.19. The highest BCUT2D eigenvalue weighted by molar-refractivity contribution is 14.1. The van der Waals surface area contributed by atoms with Crippen molar-refractivity contribution in [3.63, 3.8) is 0 Å². The summed E-state index contributed by atoms with van der Waals surface area (Å²) in [5, 5.41) is 3.07. The maximum atomic E-state index is 5.40. The van der Waals surface area contributed by atoms with Crippen LogP contribution in [0.25, 0.3) is 0 Å². The van der Waals surface area contributed by atoms with E-state index in [1.165, 1.54) is 3.57 Å². The Morgan fingerprint density at radius 2 is 2.31 bits per heavy atom. The van der Waals surface area contributed by atoms with Crippen LogP contribution in [-0.4, -0.2) is 7.05 Å². The molecule has 1 N–H and O–H groups in total. The van der Waals surface area contributed by atoms with E-state index in [1.807, 2.05) is 25.2 Å². The Balaban J connectivity index is 3.13. The van der Waals surface area contributed by atoms with E-state index >= 15 is 0 Å². The van der Waals surface area contributed by atoms with E-state index in [0.29, 0.717) is 0 Å². The molecule has 0 aromatic heterocycles. The van der Waals surface area contributed by atoms with Gasteiger partial charge in [0.2, 0.25) is 0 Å². The molecule has 1 aromatic rings. The van der Waals surface area contributed by atoms with Crippen molar-refractivity contribution >= 4 is 38.5 Å². The Morgan fingerprint density at radius 3 is 2.85 bits per heavy atom. The summed E-state index contributed by atoms with van der Waals surface area (Å²) in [4.78, 5) is 0. The van der Waals surface area contributed by atoms with Gasteiger partial charge in [-0.05, 0) is 53.4 Å². The highest BCUT2D eigenvalue weighted by Crippen LogP contribution is 2.23. The summed E-state index contributed by atoms with van der Waals surface area (Å²) >= 11 is 5.71. The minimum Gasteiger partial charge on any atom is -0.303 e. The van der Waals surface area contributed by atoms with Gasteiger partial charge >= 0.3 is 0 Å². The molecular formula is C10H9BrIN. The third kappa shape index (κ3) is 2.70. The minimum absolute atomic E-state index is 0.00981. The normalized spacial score (nSPS) is 12.2. The van der Waals surface area contributed by atoms with E-state index in [0.717, 1.165) is 10.0 Å². The van der Waals surface area contributed by atoms with Crippen molar-refractivity contribution in [2.24, 2.45) is 0 Å². The first kappa shape index (κ1) is 11.0. The molecule has 1 rings (SSSR count). The van der Waals surface area contributed by atoms with Crippen LogP contribution in [0.1, 0.15) is 11.6 Å². The minimum atomic E-state index is -0.00981. The smallest absolute Gasteiger partial charge is 0.0951 e. The molecule has 0 radical (unpaired) electrons.